The second-order valence-corrected chi connectivity index (χ2v) is 5.21. The van der Waals surface area contributed by atoms with E-state index in [-0.39, 0.29) is 6.10 Å². The summed E-state index contributed by atoms with van der Waals surface area (Å²) in [5.74, 6) is 2.48. The molecule has 0 unspecified atom stereocenters. The zero-order chi connectivity index (χ0) is 13.7. The SMILES string of the molecule is CCc1c(NC)ncnc1NCC1CCC(O)CC1. The van der Waals surface area contributed by atoms with Crippen molar-refractivity contribution in [2.45, 2.75) is 45.1 Å². The van der Waals surface area contributed by atoms with Crippen LogP contribution in [0.4, 0.5) is 11.6 Å². The minimum atomic E-state index is -0.0857. The molecule has 0 amide bonds. The fourth-order valence-corrected chi connectivity index (χ4v) is 2.70. The molecule has 0 aliphatic heterocycles. The van der Waals surface area contributed by atoms with Crippen LogP contribution >= 0.6 is 0 Å². The lowest BCUT2D eigenvalue weighted by Gasteiger charge is -2.26. The van der Waals surface area contributed by atoms with E-state index in [2.05, 4.69) is 27.5 Å². The van der Waals surface area contributed by atoms with Crippen LogP contribution in [0.3, 0.4) is 0 Å². The first-order chi connectivity index (χ1) is 9.24. The molecule has 1 aliphatic rings. The van der Waals surface area contributed by atoms with Gasteiger partial charge in [-0.1, -0.05) is 6.92 Å². The van der Waals surface area contributed by atoms with Gasteiger partial charge in [0, 0.05) is 19.2 Å². The number of anilines is 2. The largest absolute Gasteiger partial charge is 0.393 e. The summed E-state index contributed by atoms with van der Waals surface area (Å²) >= 11 is 0. The van der Waals surface area contributed by atoms with E-state index in [1.54, 1.807) is 6.33 Å². The average Bonchev–Trinajstić information content (AvgIpc) is 2.46. The summed E-state index contributed by atoms with van der Waals surface area (Å²) in [6.07, 6.45) is 6.47. The second kappa shape index (κ2) is 6.70. The summed E-state index contributed by atoms with van der Waals surface area (Å²) in [7, 11) is 1.88. The van der Waals surface area contributed by atoms with Crippen LogP contribution in [0.25, 0.3) is 0 Å². The Morgan fingerprint density at radius 1 is 1.21 bits per heavy atom. The number of aromatic nitrogens is 2. The van der Waals surface area contributed by atoms with Crippen LogP contribution in [0.2, 0.25) is 0 Å². The molecule has 1 heterocycles. The zero-order valence-corrected chi connectivity index (χ0v) is 11.8. The van der Waals surface area contributed by atoms with Crippen molar-refractivity contribution in [3.63, 3.8) is 0 Å². The Kier molecular flexibility index (Phi) is 4.96. The maximum absolute atomic E-state index is 9.51. The molecule has 1 aromatic heterocycles. The Labute approximate surface area is 114 Å². The van der Waals surface area contributed by atoms with Gasteiger partial charge >= 0.3 is 0 Å². The minimum Gasteiger partial charge on any atom is -0.393 e. The predicted octanol–water partition coefficient (Wildman–Crippen LogP) is 2.04. The van der Waals surface area contributed by atoms with Crippen LogP contribution in [0, 0.1) is 5.92 Å². The van der Waals surface area contributed by atoms with Crippen LogP contribution in [0.1, 0.15) is 38.2 Å². The number of hydrogen-bond acceptors (Lipinski definition) is 5. The summed E-state index contributed by atoms with van der Waals surface area (Å²) in [5.41, 5.74) is 1.14. The van der Waals surface area contributed by atoms with Crippen molar-refractivity contribution >= 4 is 11.6 Å². The van der Waals surface area contributed by atoms with E-state index in [9.17, 15) is 5.11 Å². The normalized spacial score (nSPS) is 23.1. The van der Waals surface area contributed by atoms with E-state index in [1.165, 1.54) is 0 Å². The summed E-state index contributed by atoms with van der Waals surface area (Å²) in [6, 6.07) is 0. The van der Waals surface area contributed by atoms with Crippen molar-refractivity contribution < 1.29 is 5.11 Å². The zero-order valence-electron chi connectivity index (χ0n) is 11.8. The highest BCUT2D eigenvalue weighted by Crippen LogP contribution is 2.25. The third-order valence-corrected chi connectivity index (χ3v) is 3.91. The average molecular weight is 264 g/mol. The van der Waals surface area contributed by atoms with Gasteiger partial charge in [-0.05, 0) is 38.0 Å². The first-order valence-electron chi connectivity index (χ1n) is 7.18. The van der Waals surface area contributed by atoms with E-state index < -0.39 is 0 Å². The van der Waals surface area contributed by atoms with Gasteiger partial charge < -0.3 is 15.7 Å². The molecule has 5 heteroatoms. The fourth-order valence-electron chi connectivity index (χ4n) is 2.70. The van der Waals surface area contributed by atoms with Crippen molar-refractivity contribution in [2.24, 2.45) is 5.92 Å². The molecular weight excluding hydrogens is 240 g/mol. The quantitative estimate of drug-likeness (QED) is 0.759. The molecule has 0 saturated heterocycles. The van der Waals surface area contributed by atoms with Gasteiger partial charge in [-0.15, -0.1) is 0 Å². The van der Waals surface area contributed by atoms with Crippen LogP contribution in [0.15, 0.2) is 6.33 Å². The monoisotopic (exact) mass is 264 g/mol. The van der Waals surface area contributed by atoms with Crippen molar-refractivity contribution in [1.29, 1.82) is 0 Å². The molecule has 5 nitrogen and oxygen atoms in total. The molecule has 0 spiro atoms. The van der Waals surface area contributed by atoms with Gasteiger partial charge in [-0.3, -0.25) is 0 Å². The minimum absolute atomic E-state index is 0.0857. The Morgan fingerprint density at radius 3 is 2.53 bits per heavy atom. The molecule has 1 aliphatic carbocycles. The molecule has 1 saturated carbocycles. The smallest absolute Gasteiger partial charge is 0.134 e. The van der Waals surface area contributed by atoms with Crippen LogP contribution < -0.4 is 10.6 Å². The molecule has 106 valence electrons. The Morgan fingerprint density at radius 2 is 1.89 bits per heavy atom. The van der Waals surface area contributed by atoms with E-state index in [4.69, 9.17) is 0 Å². The third kappa shape index (κ3) is 3.56. The molecule has 1 fully saturated rings. The molecule has 0 aromatic carbocycles. The first-order valence-corrected chi connectivity index (χ1v) is 7.18. The topological polar surface area (TPSA) is 70.1 Å². The van der Waals surface area contributed by atoms with Gasteiger partial charge in [0.15, 0.2) is 0 Å². The Bertz CT molecular complexity index is 402. The number of nitrogens with zero attached hydrogens (tertiary/aromatic N) is 2. The van der Waals surface area contributed by atoms with Gasteiger partial charge in [0.05, 0.1) is 6.10 Å². The molecule has 0 radical (unpaired) electrons. The van der Waals surface area contributed by atoms with Gasteiger partial charge in [0.2, 0.25) is 0 Å². The van der Waals surface area contributed by atoms with E-state index in [0.717, 1.165) is 55.8 Å². The fraction of sp³-hybridized carbons (Fsp3) is 0.714. The maximum Gasteiger partial charge on any atom is 0.134 e. The van der Waals surface area contributed by atoms with E-state index in [0.29, 0.717) is 5.92 Å². The molecular formula is C14H24N4O. The van der Waals surface area contributed by atoms with Crippen LogP contribution in [-0.4, -0.2) is 34.8 Å². The molecule has 1 aromatic rings. The summed E-state index contributed by atoms with van der Waals surface area (Å²) in [6.45, 7) is 3.04. The second-order valence-electron chi connectivity index (χ2n) is 5.21. The number of hydrogen-bond donors (Lipinski definition) is 3. The van der Waals surface area contributed by atoms with Crippen molar-refractivity contribution in [3.05, 3.63) is 11.9 Å². The van der Waals surface area contributed by atoms with Gasteiger partial charge in [-0.25, -0.2) is 9.97 Å². The Balaban J connectivity index is 1.95. The highest BCUT2D eigenvalue weighted by atomic mass is 16.3. The Hall–Kier alpha value is -1.36. The number of aliphatic hydroxyl groups is 1. The number of rotatable bonds is 5. The van der Waals surface area contributed by atoms with Crippen molar-refractivity contribution in [3.8, 4) is 0 Å². The highest BCUT2D eigenvalue weighted by Gasteiger charge is 2.19. The van der Waals surface area contributed by atoms with Gasteiger partial charge in [0.1, 0.15) is 18.0 Å². The third-order valence-electron chi connectivity index (χ3n) is 3.91. The molecule has 0 bridgehead atoms. The van der Waals surface area contributed by atoms with Crippen LogP contribution in [-0.2, 0) is 6.42 Å². The lowest BCUT2D eigenvalue weighted by atomic mass is 9.87. The highest BCUT2D eigenvalue weighted by molar-refractivity contribution is 5.57. The number of aliphatic hydroxyl groups excluding tert-OH is 1. The first kappa shape index (κ1) is 14.1. The van der Waals surface area contributed by atoms with E-state index >= 15 is 0 Å². The standard InChI is InChI=1S/C14H24N4O/c1-3-12-13(15-2)17-9-18-14(12)16-8-10-4-6-11(19)7-5-10/h9-11,19H,3-8H2,1-2H3,(H2,15,16,17,18). The number of nitrogens with one attached hydrogen (secondary N) is 2. The summed E-state index contributed by atoms with van der Waals surface area (Å²) in [5, 5.41) is 16.1. The molecule has 2 rings (SSSR count). The lowest BCUT2D eigenvalue weighted by Crippen LogP contribution is -2.24. The van der Waals surface area contributed by atoms with E-state index in [1.807, 2.05) is 7.05 Å². The predicted molar refractivity (Wildman–Crippen MR) is 77.4 cm³/mol. The van der Waals surface area contributed by atoms with Gasteiger partial charge in [-0.2, -0.15) is 0 Å². The summed E-state index contributed by atoms with van der Waals surface area (Å²) < 4.78 is 0. The molecule has 3 N–H and O–H groups in total. The van der Waals surface area contributed by atoms with Gasteiger partial charge in [0.25, 0.3) is 0 Å². The summed E-state index contributed by atoms with van der Waals surface area (Å²) in [4.78, 5) is 8.58. The molecule has 19 heavy (non-hydrogen) atoms. The van der Waals surface area contributed by atoms with Crippen LogP contribution in [0.5, 0.6) is 0 Å². The van der Waals surface area contributed by atoms with Crippen molar-refractivity contribution in [2.75, 3.05) is 24.2 Å². The maximum atomic E-state index is 9.51. The molecule has 0 atom stereocenters. The lowest BCUT2D eigenvalue weighted by molar-refractivity contribution is 0.111. The van der Waals surface area contributed by atoms with Crippen molar-refractivity contribution in [1.82, 2.24) is 9.97 Å².